The van der Waals surface area contributed by atoms with Crippen LogP contribution >= 0.6 is 11.6 Å². The third-order valence-corrected chi connectivity index (χ3v) is 2.76. The molecule has 0 heterocycles. The fourth-order valence-electron chi connectivity index (χ4n) is 0.819. The molecule has 1 rings (SSSR count). The summed E-state index contributed by atoms with van der Waals surface area (Å²) in [5.74, 6) is 0. The van der Waals surface area contributed by atoms with Crippen molar-refractivity contribution < 1.29 is 8.42 Å². The van der Waals surface area contributed by atoms with E-state index in [-0.39, 0.29) is 0 Å². The molecule has 13 heavy (non-hydrogen) atoms. The topological polar surface area (TPSA) is 63.4 Å². The molecule has 0 aliphatic carbocycles. The van der Waals surface area contributed by atoms with Crippen molar-refractivity contribution in [2.75, 3.05) is 11.4 Å². The summed E-state index contributed by atoms with van der Waals surface area (Å²) in [5.41, 5.74) is 0.440. The molecule has 0 unspecified atom stereocenters. The van der Waals surface area contributed by atoms with Crippen LogP contribution in [0.15, 0.2) is 24.3 Å². The Kier molecular flexibility index (Phi) is 2.80. The number of hydrogen-bond donors (Lipinski definition) is 1. The van der Waals surface area contributed by atoms with E-state index in [2.05, 4.69) is 0 Å². The molecular weight excluding hydrogens is 212 g/mol. The average molecular weight is 221 g/mol. The first-order chi connectivity index (χ1) is 5.91. The van der Waals surface area contributed by atoms with Crippen LogP contribution in [0.5, 0.6) is 0 Å². The van der Waals surface area contributed by atoms with Gasteiger partial charge in [-0.3, -0.25) is 4.31 Å². The number of nitrogens with two attached hydrogens (primary N) is 1. The van der Waals surface area contributed by atoms with Crippen molar-refractivity contribution in [3.8, 4) is 0 Å². The monoisotopic (exact) mass is 220 g/mol. The summed E-state index contributed by atoms with van der Waals surface area (Å²) in [4.78, 5) is 0. The number of hydrogen-bond acceptors (Lipinski definition) is 2. The standard InChI is InChI=1S/C7H9ClN2O2S/c1-10(13(9,11)12)7-4-2-3-6(8)5-7/h2-5H,1H3,(H2,9,11,12). The zero-order valence-corrected chi connectivity index (χ0v) is 8.51. The summed E-state index contributed by atoms with van der Waals surface area (Å²) >= 11 is 5.68. The molecule has 0 atom stereocenters. The van der Waals surface area contributed by atoms with Gasteiger partial charge in [0.2, 0.25) is 0 Å². The first-order valence-corrected chi connectivity index (χ1v) is 5.31. The minimum Gasteiger partial charge on any atom is -0.261 e. The Labute approximate surface area is 82.1 Å². The predicted molar refractivity (Wildman–Crippen MR) is 53.0 cm³/mol. The third kappa shape index (κ3) is 2.58. The van der Waals surface area contributed by atoms with Crippen LogP contribution < -0.4 is 9.44 Å². The molecular formula is C7H9ClN2O2S. The van der Waals surface area contributed by atoms with Crippen LogP contribution in [0.4, 0.5) is 5.69 Å². The summed E-state index contributed by atoms with van der Waals surface area (Å²) in [5, 5.41) is 5.38. The van der Waals surface area contributed by atoms with Gasteiger partial charge in [-0.1, -0.05) is 17.7 Å². The molecule has 0 fully saturated rings. The van der Waals surface area contributed by atoms with Crippen molar-refractivity contribution in [2.24, 2.45) is 5.14 Å². The van der Waals surface area contributed by atoms with Crippen molar-refractivity contribution in [1.29, 1.82) is 0 Å². The van der Waals surface area contributed by atoms with Crippen molar-refractivity contribution in [2.45, 2.75) is 0 Å². The Bertz CT molecular complexity index is 405. The maximum Gasteiger partial charge on any atom is 0.298 e. The van der Waals surface area contributed by atoms with E-state index < -0.39 is 10.2 Å². The van der Waals surface area contributed by atoms with Crippen LogP contribution in [0.2, 0.25) is 5.02 Å². The van der Waals surface area contributed by atoms with Crippen molar-refractivity contribution >= 4 is 27.5 Å². The second-order valence-corrected chi connectivity index (χ2v) is 4.51. The highest BCUT2D eigenvalue weighted by atomic mass is 35.5. The molecule has 1 aromatic rings. The fourth-order valence-corrected chi connectivity index (χ4v) is 1.41. The Morgan fingerprint density at radius 3 is 2.54 bits per heavy atom. The lowest BCUT2D eigenvalue weighted by atomic mass is 10.3. The van der Waals surface area contributed by atoms with Crippen LogP contribution in [0, 0.1) is 0 Å². The van der Waals surface area contributed by atoms with Gasteiger partial charge in [-0.15, -0.1) is 0 Å². The highest BCUT2D eigenvalue weighted by Crippen LogP contribution is 2.19. The van der Waals surface area contributed by atoms with Gasteiger partial charge in [-0.2, -0.15) is 8.42 Å². The van der Waals surface area contributed by atoms with Gasteiger partial charge in [0.25, 0.3) is 10.2 Å². The SMILES string of the molecule is CN(c1cccc(Cl)c1)S(N)(=O)=O. The zero-order chi connectivity index (χ0) is 10.1. The lowest BCUT2D eigenvalue weighted by molar-refractivity contribution is 0.596. The lowest BCUT2D eigenvalue weighted by Crippen LogP contribution is -2.32. The van der Waals surface area contributed by atoms with Crippen molar-refractivity contribution in [1.82, 2.24) is 0 Å². The number of nitrogens with zero attached hydrogens (tertiary/aromatic N) is 1. The molecule has 4 nitrogen and oxygen atoms in total. The molecule has 1 aromatic carbocycles. The molecule has 0 saturated heterocycles. The largest absolute Gasteiger partial charge is 0.298 e. The van der Waals surface area contributed by atoms with Crippen LogP contribution in [0.1, 0.15) is 0 Å². The molecule has 0 spiro atoms. The van der Waals surface area contributed by atoms with Gasteiger partial charge in [0, 0.05) is 12.1 Å². The van der Waals surface area contributed by atoms with Gasteiger partial charge in [0.15, 0.2) is 0 Å². The van der Waals surface area contributed by atoms with Gasteiger partial charge in [0.05, 0.1) is 5.69 Å². The van der Waals surface area contributed by atoms with E-state index in [1.54, 1.807) is 18.2 Å². The van der Waals surface area contributed by atoms with Crippen LogP contribution in [-0.2, 0) is 10.2 Å². The van der Waals surface area contributed by atoms with E-state index in [9.17, 15) is 8.42 Å². The number of halogens is 1. The fraction of sp³-hybridized carbons (Fsp3) is 0.143. The van der Waals surface area contributed by atoms with Gasteiger partial charge < -0.3 is 0 Å². The Morgan fingerprint density at radius 1 is 1.46 bits per heavy atom. The quantitative estimate of drug-likeness (QED) is 0.808. The van der Waals surface area contributed by atoms with Gasteiger partial charge in [0.1, 0.15) is 0 Å². The summed E-state index contributed by atoms with van der Waals surface area (Å²) in [6, 6.07) is 6.43. The lowest BCUT2D eigenvalue weighted by Gasteiger charge is -2.15. The second-order valence-electron chi connectivity index (χ2n) is 2.49. The van der Waals surface area contributed by atoms with E-state index in [0.29, 0.717) is 10.7 Å². The molecule has 2 N–H and O–H groups in total. The molecule has 0 aromatic heterocycles. The minimum atomic E-state index is -3.70. The van der Waals surface area contributed by atoms with E-state index in [0.717, 1.165) is 4.31 Å². The molecule has 0 amide bonds. The average Bonchev–Trinajstić information content (AvgIpc) is 2.01. The normalized spacial score (nSPS) is 11.3. The maximum absolute atomic E-state index is 10.9. The summed E-state index contributed by atoms with van der Waals surface area (Å²) in [6.45, 7) is 0. The minimum absolute atomic E-state index is 0.440. The first kappa shape index (κ1) is 10.3. The zero-order valence-electron chi connectivity index (χ0n) is 6.94. The molecule has 0 bridgehead atoms. The third-order valence-electron chi connectivity index (χ3n) is 1.55. The van der Waals surface area contributed by atoms with E-state index in [1.165, 1.54) is 13.1 Å². The summed E-state index contributed by atoms with van der Waals surface area (Å²) in [6.07, 6.45) is 0. The Balaban J connectivity index is 3.10. The number of rotatable bonds is 2. The highest BCUT2D eigenvalue weighted by molar-refractivity contribution is 7.90. The second kappa shape index (κ2) is 3.53. The van der Waals surface area contributed by atoms with E-state index in [1.807, 2.05) is 0 Å². The predicted octanol–water partition coefficient (Wildman–Crippen LogP) is 0.980. The molecule has 6 heteroatoms. The molecule has 0 aliphatic heterocycles. The van der Waals surface area contributed by atoms with Gasteiger partial charge in [-0.25, -0.2) is 5.14 Å². The van der Waals surface area contributed by atoms with Crippen molar-refractivity contribution in [3.05, 3.63) is 29.3 Å². The Hall–Kier alpha value is -0.780. The highest BCUT2D eigenvalue weighted by Gasteiger charge is 2.11. The van der Waals surface area contributed by atoms with Crippen LogP contribution in [0.3, 0.4) is 0 Å². The summed E-state index contributed by atoms with van der Waals surface area (Å²) in [7, 11) is -2.34. The smallest absolute Gasteiger partial charge is 0.261 e. The molecule has 0 saturated carbocycles. The maximum atomic E-state index is 10.9. The van der Waals surface area contributed by atoms with Gasteiger partial charge in [-0.05, 0) is 18.2 Å². The van der Waals surface area contributed by atoms with Gasteiger partial charge >= 0.3 is 0 Å². The Morgan fingerprint density at radius 2 is 2.08 bits per heavy atom. The molecule has 0 radical (unpaired) electrons. The molecule has 72 valence electrons. The van der Waals surface area contributed by atoms with Crippen LogP contribution in [-0.4, -0.2) is 15.5 Å². The number of anilines is 1. The van der Waals surface area contributed by atoms with Crippen LogP contribution in [0.25, 0.3) is 0 Å². The number of benzene rings is 1. The van der Waals surface area contributed by atoms with Crippen molar-refractivity contribution in [3.63, 3.8) is 0 Å². The summed E-state index contributed by atoms with van der Waals surface area (Å²) < 4.78 is 22.8. The first-order valence-electron chi connectivity index (χ1n) is 3.43. The molecule has 0 aliphatic rings. The van der Waals surface area contributed by atoms with E-state index >= 15 is 0 Å². The van der Waals surface area contributed by atoms with E-state index in [4.69, 9.17) is 16.7 Å².